The van der Waals surface area contributed by atoms with Crippen LogP contribution in [0.3, 0.4) is 0 Å². The number of aromatic nitrogens is 1. The molecule has 0 saturated heterocycles. The van der Waals surface area contributed by atoms with Crippen molar-refractivity contribution < 1.29 is 9.21 Å². The number of nitrogens with zero attached hydrogens (tertiary/aromatic N) is 2. The summed E-state index contributed by atoms with van der Waals surface area (Å²) in [5, 5.41) is 0. The largest absolute Gasteiger partial charge is 0.420 e. The van der Waals surface area contributed by atoms with Crippen LogP contribution in [0.25, 0.3) is 11.1 Å². The average molecular weight is 308 g/mol. The van der Waals surface area contributed by atoms with Gasteiger partial charge in [-0.3, -0.25) is 9.36 Å². The van der Waals surface area contributed by atoms with Crippen LogP contribution in [0.2, 0.25) is 0 Å². The Hall–Kier alpha value is -2.82. The Kier molecular flexibility index (Phi) is 3.08. The highest BCUT2D eigenvalue weighted by atomic mass is 16.4. The van der Waals surface area contributed by atoms with Crippen molar-refractivity contribution in [2.24, 2.45) is 0 Å². The second-order valence-corrected chi connectivity index (χ2v) is 5.75. The molecular formula is C18H16N2O3. The van der Waals surface area contributed by atoms with Gasteiger partial charge >= 0.3 is 5.76 Å². The van der Waals surface area contributed by atoms with Crippen molar-refractivity contribution in [1.29, 1.82) is 0 Å². The van der Waals surface area contributed by atoms with Gasteiger partial charge in [-0.1, -0.05) is 30.3 Å². The molecule has 4 rings (SSSR count). The van der Waals surface area contributed by atoms with Gasteiger partial charge in [0.2, 0.25) is 5.91 Å². The van der Waals surface area contributed by atoms with E-state index in [0.717, 1.165) is 17.7 Å². The molecular weight excluding hydrogens is 292 g/mol. The number of rotatable bonds is 2. The summed E-state index contributed by atoms with van der Waals surface area (Å²) < 4.78 is 6.67. The topological polar surface area (TPSA) is 55.5 Å². The van der Waals surface area contributed by atoms with Gasteiger partial charge in [-0.15, -0.1) is 0 Å². The Morgan fingerprint density at radius 3 is 2.74 bits per heavy atom. The van der Waals surface area contributed by atoms with Crippen LogP contribution in [-0.2, 0) is 11.2 Å². The lowest BCUT2D eigenvalue weighted by molar-refractivity contribution is -0.121. The molecule has 0 unspecified atom stereocenters. The Morgan fingerprint density at radius 2 is 1.87 bits per heavy atom. The van der Waals surface area contributed by atoms with Crippen molar-refractivity contribution in [2.45, 2.75) is 19.4 Å². The number of para-hydroxylation sites is 3. The van der Waals surface area contributed by atoms with Crippen LogP contribution >= 0.6 is 0 Å². The molecule has 3 aromatic rings. The molecule has 0 spiro atoms. The standard InChI is InChI=1S/C18H16N2O3/c1-12(20-15-8-4-5-9-16(15)23-18(20)22)17(21)19-11-10-13-6-2-3-7-14(13)19/h2-9,12H,10-11H2,1H3/t12-/m0/s1. The average Bonchev–Trinajstić information content (AvgIpc) is 3.13. The molecule has 5 heteroatoms. The maximum atomic E-state index is 12.9. The van der Waals surface area contributed by atoms with E-state index in [1.54, 1.807) is 30.0 Å². The van der Waals surface area contributed by atoms with E-state index in [4.69, 9.17) is 4.42 Å². The van der Waals surface area contributed by atoms with Crippen LogP contribution in [0.4, 0.5) is 5.69 Å². The fourth-order valence-corrected chi connectivity index (χ4v) is 3.25. The zero-order valence-corrected chi connectivity index (χ0v) is 12.7. The van der Waals surface area contributed by atoms with Crippen molar-refractivity contribution in [3.05, 3.63) is 64.6 Å². The van der Waals surface area contributed by atoms with Crippen molar-refractivity contribution in [1.82, 2.24) is 4.57 Å². The normalized spacial score (nSPS) is 14.9. The highest BCUT2D eigenvalue weighted by molar-refractivity contribution is 5.98. The SMILES string of the molecule is C[C@@H](C(=O)N1CCc2ccccc21)n1c(=O)oc2ccccc21. The van der Waals surface area contributed by atoms with Crippen molar-refractivity contribution >= 4 is 22.7 Å². The number of hydrogen-bond donors (Lipinski definition) is 0. The summed E-state index contributed by atoms with van der Waals surface area (Å²) in [4.78, 5) is 26.9. The molecule has 0 bridgehead atoms. The second-order valence-electron chi connectivity index (χ2n) is 5.75. The summed E-state index contributed by atoms with van der Waals surface area (Å²) in [7, 11) is 0. The van der Waals surface area contributed by atoms with Gasteiger partial charge in [0.25, 0.3) is 0 Å². The minimum atomic E-state index is -0.614. The molecule has 0 radical (unpaired) electrons. The number of hydrogen-bond acceptors (Lipinski definition) is 3. The fraction of sp³-hybridized carbons (Fsp3) is 0.222. The van der Waals surface area contributed by atoms with E-state index in [0.29, 0.717) is 17.6 Å². The van der Waals surface area contributed by atoms with Gasteiger partial charge in [-0.05, 0) is 37.1 Å². The minimum Gasteiger partial charge on any atom is -0.408 e. The first kappa shape index (κ1) is 13.8. The zero-order valence-electron chi connectivity index (χ0n) is 12.7. The fourth-order valence-electron chi connectivity index (χ4n) is 3.25. The molecule has 1 amide bonds. The number of fused-ring (bicyclic) bond motifs is 2. The molecule has 1 aliphatic rings. The molecule has 5 nitrogen and oxygen atoms in total. The van der Waals surface area contributed by atoms with Gasteiger partial charge in [0.1, 0.15) is 6.04 Å². The smallest absolute Gasteiger partial charge is 0.408 e. The van der Waals surface area contributed by atoms with Crippen LogP contribution in [0.1, 0.15) is 18.5 Å². The van der Waals surface area contributed by atoms with E-state index < -0.39 is 11.8 Å². The van der Waals surface area contributed by atoms with E-state index >= 15 is 0 Å². The molecule has 1 atom stereocenters. The van der Waals surface area contributed by atoms with Gasteiger partial charge in [0.05, 0.1) is 5.52 Å². The first-order chi connectivity index (χ1) is 11.2. The molecule has 0 saturated carbocycles. The second kappa shape index (κ2) is 5.12. The Labute approximate surface area is 132 Å². The van der Waals surface area contributed by atoms with Crippen LogP contribution in [0.5, 0.6) is 0 Å². The van der Waals surface area contributed by atoms with Gasteiger partial charge in [0.15, 0.2) is 5.58 Å². The maximum absolute atomic E-state index is 12.9. The zero-order chi connectivity index (χ0) is 16.0. The third-order valence-electron chi connectivity index (χ3n) is 4.42. The third kappa shape index (κ3) is 2.08. The molecule has 0 N–H and O–H groups in total. The lowest BCUT2D eigenvalue weighted by atomic mass is 10.2. The quantitative estimate of drug-likeness (QED) is 0.731. The van der Waals surface area contributed by atoms with Crippen LogP contribution in [0, 0.1) is 0 Å². The van der Waals surface area contributed by atoms with Crippen LogP contribution in [0.15, 0.2) is 57.7 Å². The number of carbonyl (C=O) groups excluding carboxylic acids is 1. The summed E-state index contributed by atoms with van der Waals surface area (Å²) in [5.41, 5.74) is 3.24. The molecule has 0 aliphatic carbocycles. The van der Waals surface area contributed by atoms with Crippen LogP contribution < -0.4 is 10.7 Å². The van der Waals surface area contributed by atoms with Crippen molar-refractivity contribution in [3.63, 3.8) is 0 Å². The maximum Gasteiger partial charge on any atom is 0.420 e. The molecule has 2 aromatic carbocycles. The number of amides is 1. The summed E-state index contributed by atoms with van der Waals surface area (Å²) in [6.07, 6.45) is 0.843. The van der Waals surface area contributed by atoms with Gasteiger partial charge in [-0.25, -0.2) is 4.79 Å². The van der Waals surface area contributed by atoms with Crippen molar-refractivity contribution in [3.8, 4) is 0 Å². The summed E-state index contributed by atoms with van der Waals surface area (Å²) in [6.45, 7) is 2.39. The number of benzene rings is 2. The lowest BCUT2D eigenvalue weighted by Crippen LogP contribution is -2.37. The molecule has 2 heterocycles. The highest BCUT2D eigenvalue weighted by Gasteiger charge is 2.30. The predicted octanol–water partition coefficient (Wildman–Crippen LogP) is 2.74. The van der Waals surface area contributed by atoms with Gasteiger partial charge < -0.3 is 9.32 Å². The lowest BCUT2D eigenvalue weighted by Gasteiger charge is -2.22. The van der Waals surface area contributed by atoms with Gasteiger partial charge in [-0.2, -0.15) is 0 Å². The van der Waals surface area contributed by atoms with E-state index in [9.17, 15) is 9.59 Å². The molecule has 0 fully saturated rings. The third-order valence-corrected chi connectivity index (χ3v) is 4.42. The minimum absolute atomic E-state index is 0.0939. The Morgan fingerprint density at radius 1 is 1.13 bits per heavy atom. The Bertz CT molecular complexity index is 954. The Balaban J connectivity index is 1.75. The summed E-state index contributed by atoms with van der Waals surface area (Å²) >= 11 is 0. The number of oxazole rings is 1. The first-order valence-corrected chi connectivity index (χ1v) is 7.66. The van der Waals surface area contributed by atoms with E-state index in [-0.39, 0.29) is 5.91 Å². The molecule has 116 valence electrons. The first-order valence-electron chi connectivity index (χ1n) is 7.66. The predicted molar refractivity (Wildman–Crippen MR) is 87.7 cm³/mol. The summed E-state index contributed by atoms with van der Waals surface area (Å²) in [5.74, 6) is -0.594. The van der Waals surface area contributed by atoms with E-state index in [1.807, 2.05) is 30.3 Å². The van der Waals surface area contributed by atoms with Gasteiger partial charge in [0, 0.05) is 12.2 Å². The highest BCUT2D eigenvalue weighted by Crippen LogP contribution is 2.30. The van der Waals surface area contributed by atoms with Crippen LogP contribution in [-0.4, -0.2) is 17.0 Å². The number of carbonyl (C=O) groups is 1. The van der Waals surface area contributed by atoms with E-state index in [1.165, 1.54) is 4.57 Å². The molecule has 23 heavy (non-hydrogen) atoms. The van der Waals surface area contributed by atoms with Crippen molar-refractivity contribution in [2.75, 3.05) is 11.4 Å². The monoisotopic (exact) mass is 308 g/mol. The summed E-state index contributed by atoms with van der Waals surface area (Å²) in [6, 6.07) is 14.4. The molecule has 1 aromatic heterocycles. The molecule has 1 aliphatic heterocycles. The number of anilines is 1. The van der Waals surface area contributed by atoms with E-state index in [2.05, 4.69) is 0 Å².